The van der Waals surface area contributed by atoms with Gasteiger partial charge in [0, 0.05) is 3.92 Å². The van der Waals surface area contributed by atoms with Gasteiger partial charge < -0.3 is 0 Å². The summed E-state index contributed by atoms with van der Waals surface area (Å²) in [5.41, 5.74) is 0. The van der Waals surface area contributed by atoms with Crippen molar-refractivity contribution in [1.29, 1.82) is 0 Å². The van der Waals surface area contributed by atoms with Gasteiger partial charge in [-0.1, -0.05) is 75.0 Å². The van der Waals surface area contributed by atoms with E-state index in [-0.39, 0.29) is 23.9 Å². The summed E-state index contributed by atoms with van der Waals surface area (Å²) in [5.74, 6) is 0. The van der Waals surface area contributed by atoms with E-state index in [1.165, 1.54) is 51.4 Å². The molecule has 0 nitrogen and oxygen atoms in total. The molecule has 0 bridgehead atoms. The Kier molecular flexibility index (Phi) is 17.6. The van der Waals surface area contributed by atoms with E-state index in [0.717, 1.165) is 3.92 Å². The van der Waals surface area contributed by atoms with Crippen molar-refractivity contribution in [1.82, 2.24) is 0 Å². The van der Waals surface area contributed by atoms with Crippen molar-refractivity contribution >= 4 is 46.5 Å². The van der Waals surface area contributed by atoms with Crippen LogP contribution in [0.1, 0.15) is 65.2 Å². The summed E-state index contributed by atoms with van der Waals surface area (Å²) < 4.78 is 0.945. The first kappa shape index (κ1) is 16.9. The number of halogens is 1. The van der Waals surface area contributed by atoms with Crippen LogP contribution in [0.5, 0.6) is 0 Å². The number of alkyl halides is 1. The fraction of sp³-hybridized carbons (Fsp3) is 1.00. The van der Waals surface area contributed by atoms with Crippen LogP contribution < -0.4 is 0 Å². The molecule has 0 aromatic carbocycles. The van der Waals surface area contributed by atoms with Gasteiger partial charge in [0.25, 0.3) is 0 Å². The summed E-state index contributed by atoms with van der Waals surface area (Å²) in [5, 5.41) is 0. The maximum absolute atomic E-state index is 2.62. The van der Waals surface area contributed by atoms with Crippen molar-refractivity contribution in [2.45, 2.75) is 69.1 Å². The summed E-state index contributed by atoms with van der Waals surface area (Å²) in [6.45, 7) is 4.55. The summed E-state index contributed by atoms with van der Waals surface area (Å²) in [4.78, 5) is 0. The molecule has 0 saturated carbocycles. The second kappa shape index (κ2) is 13.5. The van der Waals surface area contributed by atoms with Gasteiger partial charge in [-0.2, -0.15) is 0 Å². The Morgan fingerprint density at radius 1 is 0.846 bits per heavy atom. The van der Waals surface area contributed by atoms with Gasteiger partial charge in [0.1, 0.15) is 0 Å². The van der Waals surface area contributed by atoms with Gasteiger partial charge in [0.2, 0.25) is 0 Å². The number of hydrogen-bond donors (Lipinski definition) is 0. The van der Waals surface area contributed by atoms with Gasteiger partial charge in [-0.15, -0.1) is 0 Å². The number of unbranched alkanes of at least 4 members (excludes halogenated alkanes) is 4. The van der Waals surface area contributed by atoms with E-state index in [2.05, 4.69) is 36.4 Å². The second-order valence-corrected chi connectivity index (χ2v) is 5.35. The molecule has 0 atom stereocenters. The quantitative estimate of drug-likeness (QED) is 0.249. The molecule has 0 spiro atoms. The summed E-state index contributed by atoms with van der Waals surface area (Å²) in [6.07, 6.45) is 11.3. The van der Waals surface area contributed by atoms with Gasteiger partial charge >= 0.3 is 23.9 Å². The zero-order valence-electron chi connectivity index (χ0n) is 9.32. The predicted molar refractivity (Wildman–Crippen MR) is 74.6 cm³/mol. The van der Waals surface area contributed by atoms with Crippen molar-refractivity contribution in [2.75, 3.05) is 0 Å². The van der Waals surface area contributed by atoms with Crippen LogP contribution in [0.25, 0.3) is 0 Å². The molecule has 2 heteroatoms. The third kappa shape index (κ3) is 13.5. The Hall–Kier alpha value is 1.53. The average molecular weight is 403 g/mol. The molecule has 0 N–H and O–H groups in total. The third-order valence-electron chi connectivity index (χ3n) is 2.24. The van der Waals surface area contributed by atoms with E-state index in [0.29, 0.717) is 0 Å². The van der Waals surface area contributed by atoms with E-state index in [9.17, 15) is 0 Å². The zero-order valence-corrected chi connectivity index (χ0v) is 15.5. The number of hydrogen-bond acceptors (Lipinski definition) is 0. The van der Waals surface area contributed by atoms with Gasteiger partial charge in [-0.3, -0.25) is 0 Å². The summed E-state index contributed by atoms with van der Waals surface area (Å²) in [6, 6.07) is 0. The van der Waals surface area contributed by atoms with Gasteiger partial charge in [0.05, 0.1) is 0 Å². The van der Waals surface area contributed by atoms with Gasteiger partial charge in [0.15, 0.2) is 0 Å². The number of rotatable bonds is 8. The summed E-state index contributed by atoms with van der Waals surface area (Å²) in [7, 11) is 0. The zero-order chi connectivity index (χ0) is 9.23. The molecule has 2 radical (unpaired) electrons. The van der Waals surface area contributed by atoms with Crippen LogP contribution in [-0.2, 0) is 0 Å². The fourth-order valence-electron chi connectivity index (χ4n) is 1.38. The van der Waals surface area contributed by atoms with Crippen LogP contribution in [0.3, 0.4) is 0 Å². The minimum atomic E-state index is 0. The minimum absolute atomic E-state index is 0. The molecule has 13 heavy (non-hydrogen) atoms. The predicted octanol–water partition coefficient (Wildman–Crippen LogP) is 4.03. The van der Waals surface area contributed by atoms with E-state index in [1.54, 1.807) is 0 Å². The van der Waals surface area contributed by atoms with Crippen molar-refractivity contribution < 1.29 is 0 Å². The SMILES string of the molecule is CCCCCC(I)CCCCC.[SnH2]. The summed E-state index contributed by atoms with van der Waals surface area (Å²) >= 11 is 2.62. The van der Waals surface area contributed by atoms with Gasteiger partial charge in [-0.25, -0.2) is 0 Å². The molecule has 0 aliphatic rings. The van der Waals surface area contributed by atoms with Crippen LogP contribution >= 0.6 is 22.6 Å². The topological polar surface area (TPSA) is 0 Å². The molecular formula is C11H25ISn. The van der Waals surface area contributed by atoms with E-state index >= 15 is 0 Å². The van der Waals surface area contributed by atoms with Gasteiger partial charge in [-0.05, 0) is 12.8 Å². The average Bonchev–Trinajstić information content (AvgIpc) is 2.06. The Labute approximate surface area is 115 Å². The Morgan fingerprint density at radius 3 is 1.54 bits per heavy atom. The van der Waals surface area contributed by atoms with E-state index < -0.39 is 0 Å². The molecule has 0 aromatic rings. The van der Waals surface area contributed by atoms with Crippen molar-refractivity contribution in [3.63, 3.8) is 0 Å². The maximum atomic E-state index is 2.62. The van der Waals surface area contributed by atoms with Crippen molar-refractivity contribution in [2.24, 2.45) is 0 Å². The molecule has 0 saturated heterocycles. The first-order chi connectivity index (χ1) is 5.81. The Morgan fingerprint density at radius 2 is 1.23 bits per heavy atom. The van der Waals surface area contributed by atoms with Crippen LogP contribution in [0.15, 0.2) is 0 Å². The third-order valence-corrected chi connectivity index (χ3v) is 3.49. The normalized spacial score (nSPS) is 10.2. The van der Waals surface area contributed by atoms with Crippen molar-refractivity contribution in [3.8, 4) is 0 Å². The molecule has 0 fully saturated rings. The molecule has 80 valence electrons. The second-order valence-electron chi connectivity index (χ2n) is 3.59. The van der Waals surface area contributed by atoms with Crippen LogP contribution in [-0.4, -0.2) is 27.8 Å². The molecule has 0 aliphatic heterocycles. The molecule has 0 rings (SSSR count). The van der Waals surface area contributed by atoms with E-state index in [4.69, 9.17) is 0 Å². The molecular weight excluding hydrogens is 378 g/mol. The Bertz CT molecular complexity index is 76.2. The van der Waals surface area contributed by atoms with Crippen LogP contribution in [0.4, 0.5) is 0 Å². The monoisotopic (exact) mass is 404 g/mol. The van der Waals surface area contributed by atoms with E-state index in [1.807, 2.05) is 0 Å². The molecule has 0 aliphatic carbocycles. The Balaban J connectivity index is 0. The standard InChI is InChI=1S/C11H23I.Sn.2H/c1-3-5-7-9-11(12)10-8-6-4-2;;;/h11H,3-10H2,1-2H3;;;. The van der Waals surface area contributed by atoms with Crippen LogP contribution in [0.2, 0.25) is 0 Å². The molecule has 0 aromatic heterocycles. The fourth-order valence-corrected chi connectivity index (χ4v) is 2.26. The first-order valence-corrected chi connectivity index (χ1v) is 6.69. The van der Waals surface area contributed by atoms with Crippen molar-refractivity contribution in [3.05, 3.63) is 0 Å². The molecule has 0 heterocycles. The first-order valence-electron chi connectivity index (χ1n) is 5.45. The molecule has 0 amide bonds. The van der Waals surface area contributed by atoms with Crippen LogP contribution in [0, 0.1) is 0 Å². The molecule has 0 unspecified atom stereocenters.